The Hall–Kier alpha value is -2.34. The number of hydrogen-bond donors (Lipinski definition) is 2. The van der Waals surface area contributed by atoms with E-state index in [2.05, 4.69) is 15.5 Å². The molecule has 2 fully saturated rings. The van der Waals surface area contributed by atoms with E-state index < -0.39 is 0 Å². The Kier molecular flexibility index (Phi) is 6.72. The van der Waals surface area contributed by atoms with Crippen LogP contribution in [0.25, 0.3) is 11.3 Å². The van der Waals surface area contributed by atoms with Crippen LogP contribution in [-0.4, -0.2) is 46.0 Å². The third-order valence-electron chi connectivity index (χ3n) is 6.40. The largest absolute Gasteiger partial charge is 0.353 e. The smallest absolute Gasteiger partial charge is 0.257 e. The maximum Gasteiger partial charge on any atom is 0.257 e. The molecular formula is C23H29ClN4O2. The van der Waals surface area contributed by atoms with Crippen LogP contribution in [-0.2, 0) is 4.79 Å². The highest BCUT2D eigenvalue weighted by Gasteiger charge is 2.27. The highest BCUT2D eigenvalue weighted by molar-refractivity contribution is 6.30. The molecule has 2 aromatic rings. The maximum atomic E-state index is 13.1. The van der Waals surface area contributed by atoms with Crippen LogP contribution >= 0.6 is 11.6 Å². The van der Waals surface area contributed by atoms with Crippen molar-refractivity contribution in [1.82, 2.24) is 20.4 Å². The monoisotopic (exact) mass is 428 g/mol. The van der Waals surface area contributed by atoms with E-state index in [0.29, 0.717) is 35.8 Å². The minimum Gasteiger partial charge on any atom is -0.353 e. The van der Waals surface area contributed by atoms with Crippen molar-refractivity contribution in [3.63, 3.8) is 0 Å². The van der Waals surface area contributed by atoms with Gasteiger partial charge < -0.3 is 10.2 Å². The van der Waals surface area contributed by atoms with Crippen molar-refractivity contribution in [2.75, 3.05) is 13.1 Å². The number of nitrogens with zero attached hydrogens (tertiary/aromatic N) is 2. The van der Waals surface area contributed by atoms with Gasteiger partial charge in [0.25, 0.3) is 5.91 Å². The topological polar surface area (TPSA) is 78.1 Å². The zero-order valence-electron chi connectivity index (χ0n) is 17.2. The van der Waals surface area contributed by atoms with E-state index >= 15 is 0 Å². The molecule has 1 aromatic carbocycles. The van der Waals surface area contributed by atoms with E-state index in [1.165, 1.54) is 25.7 Å². The van der Waals surface area contributed by atoms with Gasteiger partial charge in [0.2, 0.25) is 5.91 Å². The van der Waals surface area contributed by atoms with Gasteiger partial charge in [-0.2, -0.15) is 5.10 Å². The van der Waals surface area contributed by atoms with Crippen molar-refractivity contribution in [3.05, 3.63) is 41.0 Å². The quantitative estimate of drug-likeness (QED) is 0.714. The predicted molar refractivity (Wildman–Crippen MR) is 117 cm³/mol. The number of likely N-dealkylation sites (tertiary alicyclic amines) is 1. The Bertz CT molecular complexity index is 866. The van der Waals surface area contributed by atoms with Gasteiger partial charge in [-0.1, -0.05) is 49.4 Å². The molecule has 1 saturated carbocycles. The van der Waals surface area contributed by atoms with Crippen molar-refractivity contribution in [2.45, 2.75) is 57.4 Å². The molecule has 0 spiro atoms. The number of H-pyrrole nitrogens is 1. The molecule has 0 bridgehead atoms. The molecule has 2 amide bonds. The summed E-state index contributed by atoms with van der Waals surface area (Å²) in [5.41, 5.74) is 2.15. The van der Waals surface area contributed by atoms with Gasteiger partial charge in [0.15, 0.2) is 0 Å². The van der Waals surface area contributed by atoms with Crippen molar-refractivity contribution >= 4 is 23.4 Å². The first kappa shape index (κ1) is 20.9. The molecule has 2 heterocycles. The van der Waals surface area contributed by atoms with E-state index in [1.54, 1.807) is 18.3 Å². The maximum absolute atomic E-state index is 13.1. The zero-order chi connectivity index (χ0) is 20.9. The summed E-state index contributed by atoms with van der Waals surface area (Å²) in [6.45, 7) is 1.27. The molecular weight excluding hydrogens is 400 g/mol. The number of aromatic amines is 1. The van der Waals surface area contributed by atoms with Crippen LogP contribution in [0.3, 0.4) is 0 Å². The minimum absolute atomic E-state index is 0.0280. The summed E-state index contributed by atoms with van der Waals surface area (Å²) >= 11 is 5.97. The van der Waals surface area contributed by atoms with Crippen molar-refractivity contribution < 1.29 is 9.59 Å². The van der Waals surface area contributed by atoms with Crippen LogP contribution < -0.4 is 5.32 Å². The molecule has 4 rings (SSSR count). The van der Waals surface area contributed by atoms with E-state index in [-0.39, 0.29) is 17.9 Å². The van der Waals surface area contributed by atoms with Crippen LogP contribution in [0.5, 0.6) is 0 Å². The second-order valence-corrected chi connectivity index (χ2v) is 8.93. The lowest BCUT2D eigenvalue weighted by Gasteiger charge is -2.32. The number of rotatable bonds is 6. The first-order valence-electron chi connectivity index (χ1n) is 11.0. The number of carbonyl (C=O) groups excluding carboxylic acids is 2. The number of benzene rings is 1. The van der Waals surface area contributed by atoms with Crippen LogP contribution in [0.4, 0.5) is 0 Å². The molecule has 7 heteroatoms. The molecule has 1 saturated heterocycles. The number of aromatic nitrogens is 2. The number of nitrogens with one attached hydrogen (secondary N) is 2. The molecule has 1 aliphatic carbocycles. The number of amides is 2. The lowest BCUT2D eigenvalue weighted by Crippen LogP contribution is -2.46. The molecule has 30 heavy (non-hydrogen) atoms. The minimum atomic E-state index is -0.0280. The predicted octanol–water partition coefficient (Wildman–Crippen LogP) is 4.42. The summed E-state index contributed by atoms with van der Waals surface area (Å²) in [7, 11) is 0. The lowest BCUT2D eigenvalue weighted by atomic mass is 10.00. The zero-order valence-corrected chi connectivity index (χ0v) is 18.0. The normalized spacial score (nSPS) is 18.0. The first-order chi connectivity index (χ1) is 14.6. The molecule has 6 nitrogen and oxygen atoms in total. The van der Waals surface area contributed by atoms with Gasteiger partial charge in [0.1, 0.15) is 0 Å². The second-order valence-electron chi connectivity index (χ2n) is 8.49. The molecule has 1 aliphatic heterocycles. The number of halogens is 1. The van der Waals surface area contributed by atoms with Gasteiger partial charge in [-0.15, -0.1) is 0 Å². The summed E-state index contributed by atoms with van der Waals surface area (Å²) in [5, 5.41) is 10.8. The van der Waals surface area contributed by atoms with E-state index in [9.17, 15) is 9.59 Å². The Morgan fingerprint density at radius 3 is 2.50 bits per heavy atom. The molecule has 0 unspecified atom stereocenters. The van der Waals surface area contributed by atoms with E-state index in [0.717, 1.165) is 30.7 Å². The fourth-order valence-corrected chi connectivity index (χ4v) is 4.74. The van der Waals surface area contributed by atoms with Crippen molar-refractivity contribution in [2.24, 2.45) is 5.92 Å². The summed E-state index contributed by atoms with van der Waals surface area (Å²) in [5.74, 6) is 0.867. The molecule has 0 atom stereocenters. The molecule has 2 N–H and O–H groups in total. The molecule has 160 valence electrons. The average Bonchev–Trinajstić information content (AvgIpc) is 3.45. The Labute approximate surface area is 182 Å². The van der Waals surface area contributed by atoms with Crippen LogP contribution in [0, 0.1) is 5.92 Å². The standard InChI is InChI=1S/C23H29ClN4O2/c24-18-8-6-17(7-9-18)22-20(15-25-27-22)23(30)28-13-11-19(12-14-28)26-21(29)10-5-16-3-1-2-4-16/h6-9,15-16,19H,1-5,10-14H2,(H,25,27)(H,26,29). The van der Waals surface area contributed by atoms with E-state index in [1.807, 2.05) is 17.0 Å². The van der Waals surface area contributed by atoms with Gasteiger partial charge in [-0.05, 0) is 37.3 Å². The summed E-state index contributed by atoms with van der Waals surface area (Å²) in [6, 6.07) is 7.50. The summed E-state index contributed by atoms with van der Waals surface area (Å²) < 4.78 is 0. The highest BCUT2D eigenvalue weighted by atomic mass is 35.5. The third kappa shape index (κ3) is 5.04. The fraction of sp³-hybridized carbons (Fsp3) is 0.522. The Morgan fingerprint density at radius 1 is 1.10 bits per heavy atom. The SMILES string of the molecule is O=C(CCC1CCCC1)NC1CCN(C(=O)c2cn[nH]c2-c2ccc(Cl)cc2)CC1. The summed E-state index contributed by atoms with van der Waals surface area (Å²) in [6.07, 6.45) is 9.98. The molecule has 2 aliphatic rings. The van der Waals surface area contributed by atoms with Gasteiger partial charge in [-0.25, -0.2) is 0 Å². The van der Waals surface area contributed by atoms with Crippen molar-refractivity contribution in [1.29, 1.82) is 0 Å². The van der Waals surface area contributed by atoms with Gasteiger partial charge in [0, 0.05) is 36.1 Å². The third-order valence-corrected chi connectivity index (χ3v) is 6.66. The van der Waals surface area contributed by atoms with Gasteiger partial charge in [0.05, 0.1) is 17.5 Å². The molecule has 0 radical (unpaired) electrons. The lowest BCUT2D eigenvalue weighted by molar-refractivity contribution is -0.122. The van der Waals surface area contributed by atoms with E-state index in [4.69, 9.17) is 11.6 Å². The Balaban J connectivity index is 1.28. The van der Waals surface area contributed by atoms with Gasteiger partial charge >= 0.3 is 0 Å². The number of piperidine rings is 1. The highest BCUT2D eigenvalue weighted by Crippen LogP contribution is 2.28. The average molecular weight is 429 g/mol. The van der Waals surface area contributed by atoms with Crippen molar-refractivity contribution in [3.8, 4) is 11.3 Å². The number of hydrogen-bond acceptors (Lipinski definition) is 3. The van der Waals surface area contributed by atoms with Crippen LogP contribution in [0.15, 0.2) is 30.5 Å². The Morgan fingerprint density at radius 2 is 1.80 bits per heavy atom. The number of carbonyl (C=O) groups is 2. The van der Waals surface area contributed by atoms with Gasteiger partial charge in [-0.3, -0.25) is 14.7 Å². The second kappa shape index (κ2) is 9.65. The summed E-state index contributed by atoms with van der Waals surface area (Å²) in [4.78, 5) is 27.2. The molecule has 1 aromatic heterocycles. The fourth-order valence-electron chi connectivity index (χ4n) is 4.62. The van der Waals surface area contributed by atoms with Crippen LogP contribution in [0.2, 0.25) is 5.02 Å². The first-order valence-corrected chi connectivity index (χ1v) is 11.4. The van der Waals surface area contributed by atoms with Crippen LogP contribution in [0.1, 0.15) is 61.7 Å².